The highest BCUT2D eigenvalue weighted by molar-refractivity contribution is 7.73. The highest BCUT2D eigenvalue weighted by Crippen LogP contribution is 2.35. The molecule has 19 heavy (non-hydrogen) atoms. The third-order valence-corrected chi connectivity index (χ3v) is 4.17. The van der Waals surface area contributed by atoms with Gasteiger partial charge in [0.25, 0.3) is 0 Å². The number of hydrogen-bond acceptors (Lipinski definition) is 3. The Morgan fingerprint density at radius 3 is 2.26 bits per heavy atom. The summed E-state index contributed by atoms with van der Waals surface area (Å²) in [4.78, 5) is 4.43. The molecule has 2 aromatic carbocycles. The zero-order valence-corrected chi connectivity index (χ0v) is 11.7. The van der Waals surface area contributed by atoms with Crippen molar-refractivity contribution in [1.29, 1.82) is 0 Å². The Bertz CT molecular complexity index is 740. The van der Waals surface area contributed by atoms with Gasteiger partial charge in [-0.1, -0.05) is 42.5 Å². The maximum absolute atomic E-state index is 5.73. The number of nitrogens with two attached hydrogens (primary N) is 1. The van der Waals surface area contributed by atoms with Crippen LogP contribution in [-0.2, 0) is 0 Å². The highest BCUT2D eigenvalue weighted by atomic mass is 32.1. The summed E-state index contributed by atoms with van der Waals surface area (Å²) in [6.07, 6.45) is 0. The molecule has 0 fully saturated rings. The fourth-order valence-electron chi connectivity index (χ4n) is 1.97. The Kier molecular flexibility index (Phi) is 3.19. The normalized spacial score (nSPS) is 10.5. The van der Waals surface area contributed by atoms with Gasteiger partial charge in [0, 0.05) is 5.69 Å². The van der Waals surface area contributed by atoms with Crippen LogP contribution in [0.3, 0.4) is 0 Å². The van der Waals surface area contributed by atoms with Crippen molar-refractivity contribution in [2.24, 2.45) is 0 Å². The fraction of sp³-hybridized carbons (Fsp3) is 0. The first-order chi connectivity index (χ1) is 9.24. The summed E-state index contributed by atoms with van der Waals surface area (Å²) >= 11 is 6.87. The first-order valence-electron chi connectivity index (χ1n) is 5.88. The number of nitrogens with one attached hydrogen (secondary N) is 1. The molecule has 3 N–H and O–H groups in total. The summed E-state index contributed by atoms with van der Waals surface area (Å²) in [5.74, 6) is 0. The van der Waals surface area contributed by atoms with Crippen LogP contribution < -0.4 is 5.73 Å². The van der Waals surface area contributed by atoms with Crippen LogP contribution in [0.2, 0.25) is 0 Å². The largest absolute Gasteiger partial charge is 0.399 e. The van der Waals surface area contributed by atoms with E-state index < -0.39 is 0 Å². The van der Waals surface area contributed by atoms with Gasteiger partial charge in [-0.2, -0.15) is 0 Å². The van der Waals surface area contributed by atoms with Crippen LogP contribution in [0.4, 0.5) is 5.69 Å². The topological polar surface area (TPSA) is 41.8 Å². The molecule has 0 amide bonds. The molecule has 0 saturated heterocycles. The average Bonchev–Trinajstić information content (AvgIpc) is 2.83. The zero-order valence-electron chi connectivity index (χ0n) is 10.1. The second-order valence-electron chi connectivity index (χ2n) is 4.21. The first kappa shape index (κ1) is 12.1. The van der Waals surface area contributed by atoms with E-state index in [9.17, 15) is 0 Å². The summed E-state index contributed by atoms with van der Waals surface area (Å²) < 4.78 is 0.783. The van der Waals surface area contributed by atoms with Crippen molar-refractivity contribution in [3.63, 3.8) is 0 Å². The molecule has 2 nitrogen and oxygen atoms in total. The lowest BCUT2D eigenvalue weighted by Crippen LogP contribution is -1.84. The number of rotatable bonds is 2. The Morgan fingerprint density at radius 1 is 0.895 bits per heavy atom. The van der Waals surface area contributed by atoms with E-state index in [0.29, 0.717) is 0 Å². The van der Waals surface area contributed by atoms with Crippen molar-refractivity contribution in [2.75, 3.05) is 5.73 Å². The Hall–Kier alpha value is -1.91. The van der Waals surface area contributed by atoms with Crippen molar-refractivity contribution in [1.82, 2.24) is 4.98 Å². The number of H-pyrrole nitrogens is 1. The molecule has 0 spiro atoms. The quantitative estimate of drug-likeness (QED) is 0.528. The van der Waals surface area contributed by atoms with Crippen LogP contribution in [0, 0.1) is 3.95 Å². The van der Waals surface area contributed by atoms with Gasteiger partial charge >= 0.3 is 0 Å². The average molecular weight is 284 g/mol. The van der Waals surface area contributed by atoms with E-state index in [1.54, 1.807) is 11.3 Å². The molecule has 0 unspecified atom stereocenters. The van der Waals surface area contributed by atoms with Gasteiger partial charge in [0.15, 0.2) is 3.95 Å². The van der Waals surface area contributed by atoms with Gasteiger partial charge in [0.2, 0.25) is 0 Å². The molecule has 0 aliphatic heterocycles. The third kappa shape index (κ3) is 2.45. The number of anilines is 1. The number of aromatic nitrogens is 1. The zero-order chi connectivity index (χ0) is 13.2. The molecule has 4 heteroatoms. The SMILES string of the molecule is Nc1ccc(-c2sc(=S)[nH]c2-c2ccccc2)cc1. The van der Waals surface area contributed by atoms with Gasteiger partial charge in [-0.05, 0) is 35.5 Å². The molecule has 0 aliphatic carbocycles. The van der Waals surface area contributed by atoms with E-state index >= 15 is 0 Å². The monoisotopic (exact) mass is 284 g/mol. The minimum absolute atomic E-state index is 0.768. The third-order valence-electron chi connectivity index (χ3n) is 2.88. The highest BCUT2D eigenvalue weighted by Gasteiger charge is 2.10. The maximum Gasteiger partial charge on any atom is 0.159 e. The predicted molar refractivity (Wildman–Crippen MR) is 84.8 cm³/mol. The second kappa shape index (κ2) is 4.99. The second-order valence-corrected chi connectivity index (χ2v) is 5.89. The lowest BCUT2D eigenvalue weighted by molar-refractivity contribution is 1.39. The Balaban J connectivity index is 2.17. The van der Waals surface area contributed by atoms with Crippen LogP contribution in [0.5, 0.6) is 0 Å². The number of hydrogen-bond donors (Lipinski definition) is 2. The molecule has 94 valence electrons. The smallest absolute Gasteiger partial charge is 0.159 e. The van der Waals surface area contributed by atoms with Gasteiger partial charge in [0.1, 0.15) is 0 Å². The lowest BCUT2D eigenvalue weighted by atomic mass is 10.1. The van der Waals surface area contributed by atoms with Crippen molar-refractivity contribution < 1.29 is 0 Å². The van der Waals surface area contributed by atoms with Gasteiger partial charge in [0.05, 0.1) is 10.6 Å². The molecule has 0 atom stereocenters. The van der Waals surface area contributed by atoms with Crippen LogP contribution >= 0.6 is 23.6 Å². The standard InChI is InChI=1S/C15H12N2S2/c16-12-8-6-11(7-9-12)14-13(17-15(18)19-14)10-4-2-1-3-5-10/h1-9H,16H2,(H,17,18). The van der Waals surface area contributed by atoms with Gasteiger partial charge in [-0.25, -0.2) is 0 Å². The van der Waals surface area contributed by atoms with Crippen molar-refractivity contribution in [2.45, 2.75) is 0 Å². The molecular weight excluding hydrogens is 272 g/mol. The summed E-state index contributed by atoms with van der Waals surface area (Å²) in [6, 6.07) is 18.1. The first-order valence-corrected chi connectivity index (χ1v) is 7.11. The summed E-state index contributed by atoms with van der Waals surface area (Å²) in [6.45, 7) is 0. The number of nitrogen functional groups attached to an aromatic ring is 1. The molecular formula is C15H12N2S2. The summed E-state index contributed by atoms with van der Waals surface area (Å²) in [5.41, 5.74) is 9.84. The van der Waals surface area contributed by atoms with E-state index in [4.69, 9.17) is 18.0 Å². The number of benzene rings is 2. The number of thiazole rings is 1. The van der Waals surface area contributed by atoms with Crippen molar-refractivity contribution in [3.8, 4) is 21.7 Å². The number of aromatic amines is 1. The van der Waals surface area contributed by atoms with Crippen LogP contribution in [0.15, 0.2) is 54.6 Å². The minimum Gasteiger partial charge on any atom is -0.399 e. The van der Waals surface area contributed by atoms with Gasteiger partial charge in [-0.15, -0.1) is 11.3 Å². The molecule has 1 aromatic heterocycles. The van der Waals surface area contributed by atoms with E-state index in [2.05, 4.69) is 17.1 Å². The maximum atomic E-state index is 5.73. The van der Waals surface area contributed by atoms with Gasteiger partial charge in [-0.3, -0.25) is 0 Å². The van der Waals surface area contributed by atoms with Crippen LogP contribution in [-0.4, -0.2) is 4.98 Å². The van der Waals surface area contributed by atoms with E-state index in [1.165, 1.54) is 0 Å². The molecule has 0 radical (unpaired) electrons. The Morgan fingerprint density at radius 2 is 1.58 bits per heavy atom. The summed E-state index contributed by atoms with van der Waals surface area (Å²) in [5, 5.41) is 0. The fourth-order valence-corrected chi connectivity index (χ4v) is 3.19. The predicted octanol–water partition coefficient (Wildman–Crippen LogP) is 4.72. The molecule has 0 saturated carbocycles. The van der Waals surface area contributed by atoms with E-state index in [0.717, 1.165) is 31.3 Å². The van der Waals surface area contributed by atoms with Crippen molar-refractivity contribution >= 4 is 29.2 Å². The molecule has 0 aliphatic rings. The molecule has 3 rings (SSSR count). The molecule has 3 aromatic rings. The minimum atomic E-state index is 0.768. The van der Waals surface area contributed by atoms with Crippen LogP contribution in [0.25, 0.3) is 21.7 Å². The van der Waals surface area contributed by atoms with Crippen molar-refractivity contribution in [3.05, 3.63) is 58.6 Å². The van der Waals surface area contributed by atoms with E-state index in [1.807, 2.05) is 42.5 Å². The van der Waals surface area contributed by atoms with Crippen LogP contribution in [0.1, 0.15) is 0 Å². The molecule has 1 heterocycles. The summed E-state index contributed by atoms with van der Waals surface area (Å²) in [7, 11) is 0. The Labute approximate surface area is 120 Å². The lowest BCUT2D eigenvalue weighted by Gasteiger charge is -2.04. The molecule has 0 bridgehead atoms. The van der Waals surface area contributed by atoms with Gasteiger partial charge < -0.3 is 10.7 Å². The van der Waals surface area contributed by atoms with E-state index in [-0.39, 0.29) is 0 Å².